The van der Waals surface area contributed by atoms with Crippen LogP contribution in [0.4, 0.5) is 0 Å². The molecule has 0 atom stereocenters. The van der Waals surface area contributed by atoms with Crippen molar-refractivity contribution < 1.29 is 9.47 Å². The van der Waals surface area contributed by atoms with Crippen LogP contribution in [-0.4, -0.2) is 13.7 Å². The van der Waals surface area contributed by atoms with Gasteiger partial charge in [-0.3, -0.25) is 0 Å². The smallest absolute Gasteiger partial charge is 0.118 e. The largest absolute Gasteiger partial charge is 0.497 e. The van der Waals surface area contributed by atoms with Crippen LogP contribution in [0.5, 0.6) is 5.75 Å². The molecule has 0 heterocycles. The Kier molecular flexibility index (Phi) is 7.25. The van der Waals surface area contributed by atoms with E-state index in [1.165, 1.54) is 5.56 Å². The molecule has 0 aromatic heterocycles. The van der Waals surface area contributed by atoms with Crippen molar-refractivity contribution in [2.45, 2.75) is 19.4 Å². The quantitative estimate of drug-likeness (QED) is 0.556. The van der Waals surface area contributed by atoms with Gasteiger partial charge in [-0.1, -0.05) is 40.8 Å². The van der Waals surface area contributed by atoms with Crippen LogP contribution in [0.15, 0.2) is 34.4 Å². The molecule has 0 aliphatic carbocycles. The molecule has 16 heavy (non-hydrogen) atoms. The third-order valence-corrected chi connectivity index (χ3v) is 2.68. The molecule has 0 saturated carbocycles. The van der Waals surface area contributed by atoms with Gasteiger partial charge in [0.15, 0.2) is 0 Å². The summed E-state index contributed by atoms with van der Waals surface area (Å²) in [7, 11) is 1.67. The highest BCUT2D eigenvalue weighted by Crippen LogP contribution is 2.12. The number of halogens is 1. The summed E-state index contributed by atoms with van der Waals surface area (Å²) < 4.78 is 12.7. The van der Waals surface area contributed by atoms with E-state index >= 15 is 0 Å². The maximum atomic E-state index is 5.56. The van der Waals surface area contributed by atoms with Crippen LogP contribution in [-0.2, 0) is 11.3 Å². The van der Waals surface area contributed by atoms with E-state index in [-0.39, 0.29) is 0 Å². The predicted molar refractivity (Wildman–Crippen MR) is 75.0 cm³/mol. The summed E-state index contributed by atoms with van der Waals surface area (Å²) in [6.45, 7) is 1.49. The van der Waals surface area contributed by atoms with Gasteiger partial charge in [-0.05, 0) is 34.6 Å². The number of unbranched alkanes of at least 4 members (excludes halogenated alkanes) is 1. The van der Waals surface area contributed by atoms with Crippen LogP contribution in [0.25, 0.3) is 0 Å². The zero-order chi connectivity index (χ0) is 11.6. The lowest BCUT2D eigenvalue weighted by Gasteiger charge is -2.04. The fourth-order valence-electron chi connectivity index (χ4n) is 1.28. The Morgan fingerprint density at radius 2 is 2.00 bits per heavy atom. The number of hydrogen-bond acceptors (Lipinski definition) is 2. The number of hydrogen-bond donors (Lipinski definition) is 0. The summed E-state index contributed by atoms with van der Waals surface area (Å²) in [6, 6.07) is 7.97. The van der Waals surface area contributed by atoms with Crippen molar-refractivity contribution in [3.8, 4) is 5.75 Å². The van der Waals surface area contributed by atoms with Crippen LogP contribution >= 0.6 is 22.6 Å². The van der Waals surface area contributed by atoms with Gasteiger partial charge in [-0.2, -0.15) is 0 Å². The molecule has 0 spiro atoms. The highest BCUT2D eigenvalue weighted by atomic mass is 127. The van der Waals surface area contributed by atoms with Crippen molar-refractivity contribution in [1.82, 2.24) is 0 Å². The summed E-state index contributed by atoms with van der Waals surface area (Å²) in [5, 5.41) is 0. The zero-order valence-electron chi connectivity index (χ0n) is 9.49. The number of benzene rings is 1. The monoisotopic (exact) mass is 332 g/mol. The van der Waals surface area contributed by atoms with Crippen LogP contribution in [0.2, 0.25) is 0 Å². The molecule has 0 aliphatic rings. The molecular formula is C13H17IO2. The fraction of sp³-hybridized carbons (Fsp3) is 0.385. The number of rotatable bonds is 7. The molecule has 1 aromatic rings. The van der Waals surface area contributed by atoms with Gasteiger partial charge in [0, 0.05) is 6.61 Å². The Labute approximate surface area is 111 Å². The van der Waals surface area contributed by atoms with Crippen LogP contribution < -0.4 is 4.74 Å². The van der Waals surface area contributed by atoms with E-state index in [2.05, 4.69) is 28.7 Å². The van der Waals surface area contributed by atoms with E-state index in [1.807, 2.05) is 28.3 Å². The molecule has 0 radical (unpaired) electrons. The predicted octanol–water partition coefficient (Wildman–Crippen LogP) is 3.94. The molecule has 0 saturated heterocycles. The van der Waals surface area contributed by atoms with Gasteiger partial charge in [-0.25, -0.2) is 0 Å². The normalized spacial score (nSPS) is 10.9. The molecule has 0 amide bonds. The van der Waals surface area contributed by atoms with E-state index in [0.717, 1.165) is 25.2 Å². The summed E-state index contributed by atoms with van der Waals surface area (Å²) in [6.07, 6.45) is 4.32. The average molecular weight is 332 g/mol. The second-order valence-electron chi connectivity index (χ2n) is 3.40. The molecular weight excluding hydrogens is 315 g/mol. The minimum absolute atomic E-state index is 0.679. The Morgan fingerprint density at radius 3 is 2.62 bits per heavy atom. The van der Waals surface area contributed by atoms with Crippen LogP contribution in [0, 0.1) is 0 Å². The molecule has 0 fully saturated rings. The molecule has 3 heteroatoms. The van der Waals surface area contributed by atoms with Crippen molar-refractivity contribution >= 4 is 22.6 Å². The fourth-order valence-corrected chi connectivity index (χ4v) is 1.64. The van der Waals surface area contributed by atoms with Gasteiger partial charge in [0.1, 0.15) is 5.75 Å². The van der Waals surface area contributed by atoms with E-state index in [0.29, 0.717) is 6.61 Å². The van der Waals surface area contributed by atoms with Crippen molar-refractivity contribution in [3.05, 3.63) is 40.0 Å². The Balaban J connectivity index is 2.16. The van der Waals surface area contributed by atoms with E-state index in [1.54, 1.807) is 7.11 Å². The van der Waals surface area contributed by atoms with Crippen molar-refractivity contribution in [1.29, 1.82) is 0 Å². The van der Waals surface area contributed by atoms with E-state index in [9.17, 15) is 0 Å². The lowest BCUT2D eigenvalue weighted by molar-refractivity contribution is 0.119. The lowest BCUT2D eigenvalue weighted by atomic mass is 10.2. The van der Waals surface area contributed by atoms with Gasteiger partial charge in [-0.15, -0.1) is 0 Å². The van der Waals surface area contributed by atoms with Crippen molar-refractivity contribution in [3.63, 3.8) is 0 Å². The van der Waals surface area contributed by atoms with Crippen molar-refractivity contribution in [2.75, 3.05) is 13.7 Å². The molecule has 88 valence electrons. The number of ether oxygens (including phenoxy) is 2. The molecule has 0 unspecified atom stereocenters. The van der Waals surface area contributed by atoms with E-state index < -0.39 is 0 Å². The highest BCUT2D eigenvalue weighted by molar-refractivity contribution is 14.1. The second-order valence-corrected chi connectivity index (χ2v) is 4.12. The maximum absolute atomic E-state index is 5.56. The molecule has 2 nitrogen and oxygen atoms in total. The summed E-state index contributed by atoms with van der Waals surface area (Å²) in [5.41, 5.74) is 1.19. The van der Waals surface area contributed by atoms with Crippen LogP contribution in [0.3, 0.4) is 0 Å². The van der Waals surface area contributed by atoms with Gasteiger partial charge in [0.05, 0.1) is 13.7 Å². The third-order valence-electron chi connectivity index (χ3n) is 2.18. The Morgan fingerprint density at radius 1 is 1.25 bits per heavy atom. The molecule has 1 aromatic carbocycles. The Hall–Kier alpha value is -0.550. The summed E-state index contributed by atoms with van der Waals surface area (Å²) in [5.74, 6) is 0.885. The molecule has 0 N–H and O–H groups in total. The number of methoxy groups -OCH3 is 1. The van der Waals surface area contributed by atoms with Gasteiger partial charge < -0.3 is 9.47 Å². The molecule has 0 bridgehead atoms. The molecule has 1 rings (SSSR count). The minimum Gasteiger partial charge on any atom is -0.497 e. The van der Waals surface area contributed by atoms with Gasteiger partial charge >= 0.3 is 0 Å². The number of allylic oxidation sites excluding steroid dienone is 1. The third kappa shape index (κ3) is 5.51. The first-order valence-corrected chi connectivity index (χ1v) is 6.57. The SMILES string of the molecule is COc1ccc(COCCC/C=C/I)cc1. The average Bonchev–Trinajstić information content (AvgIpc) is 2.34. The van der Waals surface area contributed by atoms with Gasteiger partial charge in [0.25, 0.3) is 0 Å². The first kappa shape index (κ1) is 13.5. The Bertz CT molecular complexity index is 306. The molecule has 0 aliphatic heterocycles. The van der Waals surface area contributed by atoms with Crippen molar-refractivity contribution in [2.24, 2.45) is 0 Å². The van der Waals surface area contributed by atoms with Gasteiger partial charge in [0.2, 0.25) is 0 Å². The minimum atomic E-state index is 0.679. The topological polar surface area (TPSA) is 18.5 Å². The zero-order valence-corrected chi connectivity index (χ0v) is 11.6. The lowest BCUT2D eigenvalue weighted by Crippen LogP contribution is -1.95. The summed E-state index contributed by atoms with van der Waals surface area (Å²) >= 11 is 2.23. The second kappa shape index (κ2) is 8.58. The first-order valence-electron chi connectivity index (χ1n) is 5.32. The van der Waals surface area contributed by atoms with E-state index in [4.69, 9.17) is 9.47 Å². The first-order chi connectivity index (χ1) is 7.86. The standard InChI is InChI=1S/C13H17IO2/c1-15-13-7-5-12(6-8-13)11-16-10-4-2-3-9-14/h3,5-9H,2,4,10-11H2,1H3/b9-3+. The summed E-state index contributed by atoms with van der Waals surface area (Å²) in [4.78, 5) is 0. The van der Waals surface area contributed by atoms with Crippen LogP contribution in [0.1, 0.15) is 18.4 Å². The maximum Gasteiger partial charge on any atom is 0.118 e. The highest BCUT2D eigenvalue weighted by Gasteiger charge is 1.94.